The van der Waals surface area contributed by atoms with Gasteiger partial charge in [0.2, 0.25) is 0 Å². The van der Waals surface area contributed by atoms with Crippen LogP contribution < -0.4 is 11.5 Å². The van der Waals surface area contributed by atoms with E-state index in [1.165, 1.54) is 11.9 Å². The van der Waals surface area contributed by atoms with Crippen LogP contribution in [0.4, 0.5) is 11.6 Å². The maximum absolute atomic E-state index is 10.4. The lowest BCUT2D eigenvalue weighted by Gasteiger charge is -2.29. The molecule has 5 N–H and O–H groups in total. The van der Waals surface area contributed by atoms with Gasteiger partial charge in [-0.3, -0.25) is 4.98 Å². The molecule has 3 aromatic heterocycles. The minimum absolute atomic E-state index is 0.0903. The van der Waals surface area contributed by atoms with Crippen LogP contribution in [-0.4, -0.2) is 41.5 Å². The standard InChI is InChI=1S/C25H31N7O2/c1-14-16(6-4-15-5-7-18-19(10-15)31-22(26)12-28-18)21(34-25(2,3)33)11-20(14)32-9-8-17-23(27)29-13-30-24(17)32/h5,7-10,12-14,16,20-21,33H,4,6,11H2,1-3H3,(H2,26,31)(H2,27,29,30)/t14-,16-,20-,21-/m0/s1. The summed E-state index contributed by atoms with van der Waals surface area (Å²) in [6.07, 6.45) is 7.58. The maximum atomic E-state index is 10.4. The molecule has 34 heavy (non-hydrogen) atoms. The van der Waals surface area contributed by atoms with E-state index < -0.39 is 5.79 Å². The van der Waals surface area contributed by atoms with Gasteiger partial charge in [0, 0.05) is 12.2 Å². The van der Waals surface area contributed by atoms with Gasteiger partial charge in [-0.2, -0.15) is 0 Å². The number of nitrogens with zero attached hydrogens (tertiary/aromatic N) is 5. The van der Waals surface area contributed by atoms with Crippen LogP contribution in [0.15, 0.2) is 43.0 Å². The van der Waals surface area contributed by atoms with Crippen LogP contribution in [0.3, 0.4) is 0 Å². The Kier molecular flexibility index (Phi) is 5.61. The van der Waals surface area contributed by atoms with Crippen LogP contribution in [0.1, 0.15) is 45.2 Å². The second-order valence-corrected chi connectivity index (χ2v) is 9.80. The summed E-state index contributed by atoms with van der Waals surface area (Å²) in [5.74, 6) is 0.235. The molecule has 9 nitrogen and oxygen atoms in total. The van der Waals surface area contributed by atoms with Gasteiger partial charge in [-0.05, 0) is 68.7 Å². The van der Waals surface area contributed by atoms with E-state index in [1.54, 1.807) is 20.0 Å². The van der Waals surface area contributed by atoms with Crippen molar-refractivity contribution in [2.45, 2.75) is 58.0 Å². The van der Waals surface area contributed by atoms with Crippen molar-refractivity contribution in [1.29, 1.82) is 0 Å². The Bertz CT molecular complexity index is 1330. The number of fused-ring (bicyclic) bond motifs is 2. The lowest BCUT2D eigenvalue weighted by molar-refractivity contribution is -0.214. The first-order valence-electron chi connectivity index (χ1n) is 11.7. The fourth-order valence-corrected chi connectivity index (χ4v) is 5.39. The summed E-state index contributed by atoms with van der Waals surface area (Å²) < 4.78 is 8.35. The Hall–Kier alpha value is -3.30. The summed E-state index contributed by atoms with van der Waals surface area (Å²) in [4.78, 5) is 17.4. The highest BCUT2D eigenvalue weighted by Gasteiger charge is 2.44. The number of ether oxygens (including phenoxy) is 1. The zero-order valence-electron chi connectivity index (χ0n) is 19.7. The number of aliphatic hydroxyl groups is 1. The zero-order valence-corrected chi connectivity index (χ0v) is 19.7. The normalized spacial score (nSPS) is 23.2. The SMILES string of the molecule is C[C@H]1[C@H](CCc2ccc3ncc(N)nc3c2)[C@@H](OC(C)(C)O)C[C@@H]1n1ccc2c(N)ncnc21. The molecule has 1 saturated carbocycles. The third kappa shape index (κ3) is 4.28. The topological polar surface area (TPSA) is 138 Å². The van der Waals surface area contributed by atoms with E-state index in [4.69, 9.17) is 16.2 Å². The molecule has 1 aliphatic rings. The highest BCUT2D eigenvalue weighted by atomic mass is 16.6. The molecular weight excluding hydrogens is 430 g/mol. The fraction of sp³-hybridized carbons (Fsp3) is 0.440. The number of hydrogen-bond acceptors (Lipinski definition) is 8. The van der Waals surface area contributed by atoms with Gasteiger partial charge in [0.15, 0.2) is 5.79 Å². The number of aryl methyl sites for hydroxylation is 1. The number of nitrogens with two attached hydrogens (primary N) is 2. The molecule has 1 aliphatic carbocycles. The average Bonchev–Trinajstić information content (AvgIpc) is 3.32. The molecule has 9 heteroatoms. The summed E-state index contributed by atoms with van der Waals surface area (Å²) >= 11 is 0. The van der Waals surface area contributed by atoms with Crippen molar-refractivity contribution in [1.82, 2.24) is 24.5 Å². The van der Waals surface area contributed by atoms with Gasteiger partial charge in [0.25, 0.3) is 0 Å². The van der Waals surface area contributed by atoms with Crippen LogP contribution in [0.2, 0.25) is 0 Å². The van der Waals surface area contributed by atoms with Crippen LogP contribution in [-0.2, 0) is 11.2 Å². The summed E-state index contributed by atoms with van der Waals surface area (Å²) in [7, 11) is 0. The minimum atomic E-state index is -1.21. The molecule has 1 fully saturated rings. The van der Waals surface area contributed by atoms with Crippen LogP contribution in [0.25, 0.3) is 22.1 Å². The fourth-order valence-electron chi connectivity index (χ4n) is 5.39. The summed E-state index contributed by atoms with van der Waals surface area (Å²) in [6, 6.07) is 8.28. The Morgan fingerprint density at radius 1 is 1.15 bits per heavy atom. The highest BCUT2D eigenvalue weighted by molar-refractivity contribution is 5.86. The van der Waals surface area contributed by atoms with Crippen molar-refractivity contribution >= 4 is 33.7 Å². The molecule has 0 bridgehead atoms. The second kappa shape index (κ2) is 8.48. The average molecular weight is 462 g/mol. The molecule has 0 unspecified atom stereocenters. The lowest BCUT2D eigenvalue weighted by atomic mass is 9.88. The zero-order chi connectivity index (χ0) is 24.0. The first kappa shape index (κ1) is 22.5. The van der Waals surface area contributed by atoms with E-state index in [2.05, 4.69) is 43.6 Å². The number of hydrogen-bond donors (Lipinski definition) is 3. The van der Waals surface area contributed by atoms with Crippen molar-refractivity contribution in [2.75, 3.05) is 11.5 Å². The molecule has 0 spiro atoms. The van der Waals surface area contributed by atoms with E-state index in [9.17, 15) is 5.11 Å². The smallest absolute Gasteiger partial charge is 0.160 e. The van der Waals surface area contributed by atoms with E-state index >= 15 is 0 Å². The molecule has 4 aromatic rings. The molecule has 178 valence electrons. The molecular formula is C25H31N7O2. The largest absolute Gasteiger partial charge is 0.383 e. The number of anilines is 2. The molecule has 4 atom stereocenters. The first-order chi connectivity index (χ1) is 16.2. The predicted octanol–water partition coefficient (Wildman–Crippen LogP) is 3.48. The van der Waals surface area contributed by atoms with E-state index in [1.807, 2.05) is 18.3 Å². The summed E-state index contributed by atoms with van der Waals surface area (Å²) in [6.45, 7) is 5.63. The number of rotatable bonds is 6. The second-order valence-electron chi connectivity index (χ2n) is 9.80. The summed E-state index contributed by atoms with van der Waals surface area (Å²) in [5.41, 5.74) is 15.5. The van der Waals surface area contributed by atoms with Crippen molar-refractivity contribution in [2.24, 2.45) is 11.8 Å². The molecule has 0 radical (unpaired) electrons. The van der Waals surface area contributed by atoms with E-state index in [-0.39, 0.29) is 18.1 Å². The Labute approximate surface area is 198 Å². The van der Waals surface area contributed by atoms with Gasteiger partial charge in [-0.25, -0.2) is 15.0 Å². The molecule has 1 aromatic carbocycles. The van der Waals surface area contributed by atoms with Gasteiger partial charge in [0.1, 0.15) is 23.6 Å². The van der Waals surface area contributed by atoms with Gasteiger partial charge in [-0.1, -0.05) is 13.0 Å². The van der Waals surface area contributed by atoms with Gasteiger partial charge < -0.3 is 25.9 Å². The van der Waals surface area contributed by atoms with Gasteiger partial charge in [0.05, 0.1) is 28.7 Å². The van der Waals surface area contributed by atoms with Crippen molar-refractivity contribution in [3.05, 3.63) is 48.5 Å². The Morgan fingerprint density at radius 2 is 1.97 bits per heavy atom. The van der Waals surface area contributed by atoms with E-state index in [0.717, 1.165) is 41.3 Å². The van der Waals surface area contributed by atoms with Crippen LogP contribution in [0.5, 0.6) is 0 Å². The van der Waals surface area contributed by atoms with Crippen LogP contribution >= 0.6 is 0 Å². The van der Waals surface area contributed by atoms with Gasteiger partial charge >= 0.3 is 0 Å². The Balaban J connectivity index is 1.41. The number of aromatic nitrogens is 5. The third-order valence-corrected chi connectivity index (χ3v) is 6.96. The van der Waals surface area contributed by atoms with Crippen molar-refractivity contribution in [3.8, 4) is 0 Å². The molecule has 0 saturated heterocycles. The lowest BCUT2D eigenvalue weighted by Crippen LogP contribution is -2.33. The van der Waals surface area contributed by atoms with Gasteiger partial charge in [-0.15, -0.1) is 0 Å². The third-order valence-electron chi connectivity index (χ3n) is 6.96. The summed E-state index contributed by atoms with van der Waals surface area (Å²) in [5, 5.41) is 11.3. The van der Waals surface area contributed by atoms with E-state index in [0.29, 0.717) is 17.6 Å². The number of benzene rings is 1. The van der Waals surface area contributed by atoms with Crippen molar-refractivity contribution in [3.63, 3.8) is 0 Å². The van der Waals surface area contributed by atoms with Crippen molar-refractivity contribution < 1.29 is 9.84 Å². The quantitative estimate of drug-likeness (QED) is 0.371. The van der Waals surface area contributed by atoms with Crippen LogP contribution in [0, 0.1) is 11.8 Å². The predicted molar refractivity (Wildman–Crippen MR) is 132 cm³/mol. The molecule has 3 heterocycles. The molecule has 0 aliphatic heterocycles. The molecule has 5 rings (SSSR count). The first-order valence-corrected chi connectivity index (χ1v) is 11.7. The Morgan fingerprint density at radius 3 is 2.76 bits per heavy atom. The maximum Gasteiger partial charge on any atom is 0.160 e. The highest BCUT2D eigenvalue weighted by Crippen LogP contribution is 2.46. The minimum Gasteiger partial charge on any atom is -0.383 e. The number of nitrogen functional groups attached to an aromatic ring is 2. The molecule has 0 amide bonds. The monoisotopic (exact) mass is 461 g/mol.